The van der Waals surface area contributed by atoms with Crippen LogP contribution in [0.15, 0.2) is 24.3 Å². The topological polar surface area (TPSA) is 74.6 Å². The summed E-state index contributed by atoms with van der Waals surface area (Å²) in [5, 5.41) is 17.0. The molecular formula is C36H68O4Pd. The summed E-state index contributed by atoms with van der Waals surface area (Å²) in [6, 6.07) is 0. The van der Waals surface area contributed by atoms with Crippen LogP contribution in [0, 0.1) is 0 Å². The van der Waals surface area contributed by atoms with Gasteiger partial charge in [0.1, 0.15) is 0 Å². The fourth-order valence-corrected chi connectivity index (χ4v) is 4.69. The Kier molecular flexibility index (Phi) is 44.8. The zero-order valence-electron chi connectivity index (χ0n) is 27.1. The molecule has 41 heavy (non-hydrogen) atoms. The molecule has 0 amide bonds. The molecule has 0 atom stereocenters. The SMILES string of the molecule is CCCCCCCC/C=C\CCCCCCCC(=O)O.CCCCCCCC/C=C\CCCCCCCC(=O)O.[Pd]. The van der Waals surface area contributed by atoms with E-state index in [0.29, 0.717) is 12.8 Å². The van der Waals surface area contributed by atoms with E-state index in [9.17, 15) is 9.59 Å². The van der Waals surface area contributed by atoms with Crippen LogP contribution in [0.4, 0.5) is 0 Å². The zero-order valence-corrected chi connectivity index (χ0v) is 28.7. The van der Waals surface area contributed by atoms with Crippen LogP contribution in [0.3, 0.4) is 0 Å². The summed E-state index contributed by atoms with van der Waals surface area (Å²) >= 11 is 0. The van der Waals surface area contributed by atoms with Crippen molar-refractivity contribution in [3.8, 4) is 0 Å². The molecule has 0 unspecified atom stereocenters. The van der Waals surface area contributed by atoms with Gasteiger partial charge in [0.25, 0.3) is 0 Å². The summed E-state index contributed by atoms with van der Waals surface area (Å²) in [5.41, 5.74) is 0. The number of allylic oxidation sites excluding steroid dienone is 4. The number of aliphatic carboxylic acids is 2. The second-order valence-electron chi connectivity index (χ2n) is 11.5. The molecule has 0 aromatic carbocycles. The molecule has 0 aromatic heterocycles. The van der Waals surface area contributed by atoms with Crippen molar-refractivity contribution in [3.05, 3.63) is 24.3 Å². The molecule has 2 N–H and O–H groups in total. The van der Waals surface area contributed by atoms with Crippen molar-refractivity contribution in [2.24, 2.45) is 0 Å². The molecule has 0 rings (SSSR count). The molecule has 5 heteroatoms. The Morgan fingerprint density at radius 1 is 0.390 bits per heavy atom. The monoisotopic (exact) mass is 670 g/mol. The van der Waals surface area contributed by atoms with Gasteiger partial charge in [-0.1, -0.05) is 141 Å². The minimum absolute atomic E-state index is 0. The van der Waals surface area contributed by atoms with E-state index in [4.69, 9.17) is 10.2 Å². The van der Waals surface area contributed by atoms with E-state index in [1.165, 1.54) is 141 Å². The summed E-state index contributed by atoms with van der Waals surface area (Å²) < 4.78 is 0. The van der Waals surface area contributed by atoms with E-state index in [1.807, 2.05) is 0 Å². The fraction of sp³-hybridized carbons (Fsp3) is 0.833. The molecule has 0 bridgehead atoms. The molecule has 246 valence electrons. The number of unbranched alkanes of at least 4 members (excludes halogenated alkanes) is 22. The fourth-order valence-electron chi connectivity index (χ4n) is 4.69. The van der Waals surface area contributed by atoms with Gasteiger partial charge in [-0.25, -0.2) is 0 Å². The second-order valence-corrected chi connectivity index (χ2v) is 11.5. The molecule has 0 heterocycles. The maximum atomic E-state index is 10.3. The quantitative estimate of drug-likeness (QED) is 0.0453. The van der Waals surface area contributed by atoms with Gasteiger partial charge < -0.3 is 10.2 Å². The average Bonchev–Trinajstić information content (AvgIpc) is 2.93. The third-order valence-corrected chi connectivity index (χ3v) is 7.30. The van der Waals surface area contributed by atoms with Crippen LogP contribution in [-0.2, 0) is 30.0 Å². The summed E-state index contributed by atoms with van der Waals surface area (Å²) in [4.78, 5) is 20.6. The van der Waals surface area contributed by atoms with Crippen molar-refractivity contribution in [1.29, 1.82) is 0 Å². The van der Waals surface area contributed by atoms with Crippen molar-refractivity contribution < 1.29 is 40.2 Å². The summed E-state index contributed by atoms with van der Waals surface area (Å²) in [7, 11) is 0. The van der Waals surface area contributed by atoms with Gasteiger partial charge in [0.15, 0.2) is 0 Å². The van der Waals surface area contributed by atoms with Crippen LogP contribution >= 0.6 is 0 Å². The summed E-state index contributed by atoms with van der Waals surface area (Å²) in [6.07, 6.45) is 42.5. The average molecular weight is 671 g/mol. The molecule has 4 nitrogen and oxygen atoms in total. The van der Waals surface area contributed by atoms with E-state index < -0.39 is 11.9 Å². The Hall–Kier alpha value is -0.918. The molecule has 0 radical (unpaired) electrons. The van der Waals surface area contributed by atoms with Crippen LogP contribution < -0.4 is 0 Å². The molecular weight excluding hydrogens is 603 g/mol. The third kappa shape index (κ3) is 49.1. The largest absolute Gasteiger partial charge is 0.481 e. The normalized spacial score (nSPS) is 11.0. The molecule has 0 aromatic rings. The van der Waals surface area contributed by atoms with E-state index >= 15 is 0 Å². The number of hydrogen-bond donors (Lipinski definition) is 2. The van der Waals surface area contributed by atoms with Gasteiger partial charge in [0.05, 0.1) is 0 Å². The molecule has 0 aliphatic rings. The van der Waals surface area contributed by atoms with Crippen molar-refractivity contribution in [2.75, 3.05) is 0 Å². The minimum Gasteiger partial charge on any atom is -0.481 e. The first kappa shape index (κ1) is 44.5. The summed E-state index contributed by atoms with van der Waals surface area (Å²) in [6.45, 7) is 4.52. The maximum Gasteiger partial charge on any atom is 0.303 e. The minimum atomic E-state index is -0.664. The van der Waals surface area contributed by atoms with Crippen LogP contribution in [0.25, 0.3) is 0 Å². The van der Waals surface area contributed by atoms with Crippen molar-refractivity contribution in [3.63, 3.8) is 0 Å². The van der Waals surface area contributed by atoms with Gasteiger partial charge in [-0.2, -0.15) is 0 Å². The molecule has 0 saturated heterocycles. The Labute approximate surface area is 269 Å². The number of carbonyl (C=O) groups is 2. The Morgan fingerprint density at radius 3 is 0.854 bits per heavy atom. The van der Waals surface area contributed by atoms with Crippen molar-refractivity contribution in [2.45, 2.75) is 194 Å². The van der Waals surface area contributed by atoms with E-state index in [0.717, 1.165) is 25.7 Å². The zero-order chi connectivity index (χ0) is 29.8. The predicted molar refractivity (Wildman–Crippen MR) is 174 cm³/mol. The van der Waals surface area contributed by atoms with Gasteiger partial charge >= 0.3 is 11.9 Å². The maximum absolute atomic E-state index is 10.3. The number of hydrogen-bond acceptors (Lipinski definition) is 2. The van der Waals surface area contributed by atoms with E-state index in [-0.39, 0.29) is 20.4 Å². The second kappa shape index (κ2) is 41.2. The predicted octanol–water partition coefficient (Wildman–Crippen LogP) is 12.2. The van der Waals surface area contributed by atoms with Gasteiger partial charge in [-0.3, -0.25) is 9.59 Å². The van der Waals surface area contributed by atoms with Crippen molar-refractivity contribution >= 4 is 11.9 Å². The van der Waals surface area contributed by atoms with Crippen molar-refractivity contribution in [1.82, 2.24) is 0 Å². The van der Waals surface area contributed by atoms with Crippen LogP contribution in [0.1, 0.15) is 194 Å². The number of carboxylic acids is 2. The Bertz CT molecular complexity index is 524. The number of rotatable bonds is 30. The first-order valence-electron chi connectivity index (χ1n) is 17.3. The van der Waals surface area contributed by atoms with Gasteiger partial charge in [-0.05, 0) is 64.2 Å². The van der Waals surface area contributed by atoms with Gasteiger partial charge in [0.2, 0.25) is 0 Å². The summed E-state index contributed by atoms with van der Waals surface area (Å²) in [5.74, 6) is -1.33. The molecule has 0 saturated carbocycles. The van der Waals surface area contributed by atoms with Gasteiger partial charge in [-0.15, -0.1) is 0 Å². The smallest absolute Gasteiger partial charge is 0.303 e. The van der Waals surface area contributed by atoms with Gasteiger partial charge in [0, 0.05) is 33.3 Å². The van der Waals surface area contributed by atoms with Crippen LogP contribution in [-0.4, -0.2) is 22.2 Å². The third-order valence-electron chi connectivity index (χ3n) is 7.30. The van der Waals surface area contributed by atoms with E-state index in [1.54, 1.807) is 0 Å². The van der Waals surface area contributed by atoms with Crippen LogP contribution in [0.5, 0.6) is 0 Å². The number of carboxylic acid groups (broad SMARTS) is 2. The molecule has 0 aliphatic carbocycles. The first-order chi connectivity index (χ1) is 19.5. The Morgan fingerprint density at radius 2 is 0.610 bits per heavy atom. The molecule has 0 aliphatic heterocycles. The van der Waals surface area contributed by atoms with E-state index in [2.05, 4.69) is 38.2 Å². The molecule has 0 fully saturated rings. The van der Waals surface area contributed by atoms with Crippen LogP contribution in [0.2, 0.25) is 0 Å². The first-order valence-corrected chi connectivity index (χ1v) is 17.3. The standard InChI is InChI=1S/2C18H34O2.Pd/c2*1-2-3-4-5-6-7-8-9-10-11-12-13-14-15-16-17-18(19)20;/h2*9-10H,2-8,11-17H2,1H3,(H,19,20);/b2*10-9-;. The molecule has 0 spiro atoms. The Balaban J connectivity index is -0.000000688.